The van der Waals surface area contributed by atoms with Crippen molar-refractivity contribution in [2.24, 2.45) is 4.99 Å². The Kier molecular flexibility index (Phi) is 4.37. The van der Waals surface area contributed by atoms with Crippen LogP contribution in [0.15, 0.2) is 40.7 Å². The minimum absolute atomic E-state index is 0.116. The highest BCUT2D eigenvalue weighted by Gasteiger charge is 2.16. The standard InChI is InChI=1S/C13H17FN2O/c1-5-11(13-15-6-7-16(13)4)8-12(14)9(2)10(3)17/h5,8H,1,6-7H2,2-4H3/b11-8+,12-9-. The number of hydrogen-bond donors (Lipinski definition) is 0. The Balaban J connectivity index is 3.07. The lowest BCUT2D eigenvalue weighted by molar-refractivity contribution is -0.113. The summed E-state index contributed by atoms with van der Waals surface area (Å²) in [4.78, 5) is 17.3. The van der Waals surface area contributed by atoms with Crippen LogP contribution in [-0.2, 0) is 4.79 Å². The average molecular weight is 236 g/mol. The van der Waals surface area contributed by atoms with Gasteiger partial charge in [0.2, 0.25) is 0 Å². The first-order chi connectivity index (χ1) is 7.97. The molecule has 0 unspecified atom stereocenters. The highest BCUT2D eigenvalue weighted by molar-refractivity contribution is 6.02. The Morgan fingerprint density at radius 1 is 1.53 bits per heavy atom. The number of halogens is 1. The van der Waals surface area contributed by atoms with Crippen LogP contribution in [0.25, 0.3) is 0 Å². The SMILES string of the molecule is C=C/C(=C\C(F)=C(/C)C(C)=O)C1=NCCN1C. The van der Waals surface area contributed by atoms with Gasteiger partial charge in [-0.25, -0.2) is 4.39 Å². The summed E-state index contributed by atoms with van der Waals surface area (Å²) in [5.74, 6) is -0.0919. The molecule has 1 rings (SSSR count). The summed E-state index contributed by atoms with van der Waals surface area (Å²) in [5, 5.41) is 0. The maximum atomic E-state index is 13.7. The van der Waals surface area contributed by atoms with Crippen molar-refractivity contribution < 1.29 is 9.18 Å². The van der Waals surface area contributed by atoms with Gasteiger partial charge in [0.15, 0.2) is 5.78 Å². The molecule has 0 aromatic heterocycles. The number of likely N-dealkylation sites (N-methyl/N-ethyl adjacent to an activating group) is 1. The number of nitrogens with zero attached hydrogens (tertiary/aromatic N) is 2. The van der Waals surface area contributed by atoms with Crippen LogP contribution >= 0.6 is 0 Å². The Morgan fingerprint density at radius 3 is 2.59 bits per heavy atom. The number of allylic oxidation sites excluding steroid dienone is 3. The predicted molar refractivity (Wildman–Crippen MR) is 67.7 cm³/mol. The second-order valence-corrected chi connectivity index (χ2v) is 3.96. The number of rotatable bonds is 4. The van der Waals surface area contributed by atoms with Crippen LogP contribution in [-0.4, -0.2) is 36.7 Å². The quantitative estimate of drug-likeness (QED) is 0.554. The molecule has 17 heavy (non-hydrogen) atoms. The van der Waals surface area contributed by atoms with Gasteiger partial charge in [0, 0.05) is 24.7 Å². The number of ketones is 1. The first kappa shape index (κ1) is 13.4. The molecule has 1 heterocycles. The lowest BCUT2D eigenvalue weighted by atomic mass is 10.1. The van der Waals surface area contributed by atoms with Crippen LogP contribution in [0.1, 0.15) is 13.8 Å². The highest BCUT2D eigenvalue weighted by atomic mass is 19.1. The topological polar surface area (TPSA) is 32.7 Å². The zero-order chi connectivity index (χ0) is 13.0. The lowest BCUT2D eigenvalue weighted by Crippen LogP contribution is -2.23. The molecule has 0 saturated carbocycles. The zero-order valence-electron chi connectivity index (χ0n) is 10.5. The molecule has 0 bridgehead atoms. The van der Waals surface area contributed by atoms with Crippen LogP contribution < -0.4 is 0 Å². The minimum atomic E-state index is -0.532. The van der Waals surface area contributed by atoms with E-state index in [1.54, 1.807) is 6.08 Å². The van der Waals surface area contributed by atoms with E-state index < -0.39 is 5.83 Å². The van der Waals surface area contributed by atoms with Crippen molar-refractivity contribution in [2.45, 2.75) is 13.8 Å². The van der Waals surface area contributed by atoms with Gasteiger partial charge in [0.05, 0.1) is 6.54 Å². The third kappa shape index (κ3) is 3.12. The molecule has 0 aromatic rings. The molecule has 4 heteroatoms. The molecule has 0 atom stereocenters. The van der Waals surface area contributed by atoms with E-state index in [2.05, 4.69) is 11.6 Å². The Morgan fingerprint density at radius 2 is 2.18 bits per heavy atom. The maximum absolute atomic E-state index is 13.7. The Bertz CT molecular complexity index is 433. The summed E-state index contributed by atoms with van der Waals surface area (Å²) in [6.07, 6.45) is 2.86. The van der Waals surface area contributed by atoms with Crippen molar-refractivity contribution in [3.05, 3.63) is 35.7 Å². The monoisotopic (exact) mass is 236 g/mol. The number of carbonyl (C=O) groups excluding carboxylic acids is 1. The van der Waals surface area contributed by atoms with Crippen LogP contribution in [0.4, 0.5) is 4.39 Å². The minimum Gasteiger partial charge on any atom is -0.358 e. The van der Waals surface area contributed by atoms with Gasteiger partial charge in [0.1, 0.15) is 11.7 Å². The first-order valence-electron chi connectivity index (χ1n) is 5.44. The summed E-state index contributed by atoms with van der Waals surface area (Å²) < 4.78 is 13.7. The lowest BCUT2D eigenvalue weighted by Gasteiger charge is -2.14. The van der Waals surface area contributed by atoms with E-state index in [9.17, 15) is 9.18 Å². The molecule has 0 aliphatic carbocycles. The number of carbonyl (C=O) groups is 1. The highest BCUT2D eigenvalue weighted by Crippen LogP contribution is 2.15. The molecule has 0 saturated heterocycles. The molecular formula is C13H17FN2O. The van der Waals surface area contributed by atoms with E-state index in [4.69, 9.17) is 0 Å². The fraction of sp³-hybridized carbons (Fsp3) is 0.385. The number of Topliss-reactive ketones (excluding diaryl/α,β-unsaturated/α-hetero) is 1. The second kappa shape index (κ2) is 5.57. The Hall–Kier alpha value is -1.71. The van der Waals surface area contributed by atoms with E-state index in [0.717, 1.165) is 6.54 Å². The Labute approximate surface area is 101 Å². The summed E-state index contributed by atoms with van der Waals surface area (Å²) >= 11 is 0. The number of aliphatic imine (C=N–C) groups is 1. The molecule has 0 spiro atoms. The smallest absolute Gasteiger partial charge is 0.158 e. The van der Waals surface area contributed by atoms with Crippen molar-refractivity contribution in [1.29, 1.82) is 0 Å². The number of amidine groups is 1. The zero-order valence-corrected chi connectivity index (χ0v) is 10.5. The summed E-state index contributed by atoms with van der Waals surface area (Å²) in [6, 6.07) is 0. The molecule has 1 aliphatic heterocycles. The fourth-order valence-corrected chi connectivity index (χ4v) is 1.47. The van der Waals surface area contributed by atoms with E-state index in [1.165, 1.54) is 19.9 Å². The molecule has 3 nitrogen and oxygen atoms in total. The van der Waals surface area contributed by atoms with Gasteiger partial charge in [0.25, 0.3) is 0 Å². The molecule has 0 radical (unpaired) electrons. The third-order valence-corrected chi connectivity index (χ3v) is 2.71. The largest absolute Gasteiger partial charge is 0.358 e. The summed E-state index contributed by atoms with van der Waals surface area (Å²) in [7, 11) is 1.89. The van der Waals surface area contributed by atoms with Crippen molar-refractivity contribution >= 4 is 11.6 Å². The summed E-state index contributed by atoms with van der Waals surface area (Å²) in [5.41, 5.74) is 0.716. The maximum Gasteiger partial charge on any atom is 0.158 e. The predicted octanol–water partition coefficient (Wildman–Crippen LogP) is 2.28. The van der Waals surface area contributed by atoms with E-state index in [-0.39, 0.29) is 11.4 Å². The molecule has 92 valence electrons. The molecular weight excluding hydrogens is 219 g/mol. The molecule has 0 fully saturated rings. The van der Waals surface area contributed by atoms with E-state index in [0.29, 0.717) is 18.0 Å². The summed E-state index contributed by atoms with van der Waals surface area (Å²) in [6.45, 7) is 7.98. The van der Waals surface area contributed by atoms with Crippen LogP contribution in [0.3, 0.4) is 0 Å². The van der Waals surface area contributed by atoms with Crippen molar-refractivity contribution in [2.75, 3.05) is 20.1 Å². The number of hydrogen-bond acceptors (Lipinski definition) is 3. The molecule has 0 aromatic carbocycles. The van der Waals surface area contributed by atoms with Gasteiger partial charge in [-0.2, -0.15) is 0 Å². The van der Waals surface area contributed by atoms with Crippen LogP contribution in [0, 0.1) is 0 Å². The molecule has 0 N–H and O–H groups in total. The van der Waals surface area contributed by atoms with E-state index in [1.807, 2.05) is 11.9 Å². The van der Waals surface area contributed by atoms with Gasteiger partial charge in [-0.15, -0.1) is 0 Å². The fourth-order valence-electron chi connectivity index (χ4n) is 1.47. The molecule has 0 amide bonds. The van der Waals surface area contributed by atoms with Crippen molar-refractivity contribution in [1.82, 2.24) is 4.90 Å². The van der Waals surface area contributed by atoms with Gasteiger partial charge >= 0.3 is 0 Å². The van der Waals surface area contributed by atoms with Gasteiger partial charge in [-0.05, 0) is 19.9 Å². The van der Waals surface area contributed by atoms with E-state index >= 15 is 0 Å². The van der Waals surface area contributed by atoms with Gasteiger partial charge < -0.3 is 4.90 Å². The first-order valence-corrected chi connectivity index (χ1v) is 5.44. The van der Waals surface area contributed by atoms with Crippen LogP contribution in [0.2, 0.25) is 0 Å². The average Bonchev–Trinajstić information content (AvgIpc) is 2.70. The van der Waals surface area contributed by atoms with Crippen molar-refractivity contribution in [3.63, 3.8) is 0 Å². The molecule has 1 aliphatic rings. The van der Waals surface area contributed by atoms with Gasteiger partial charge in [-0.3, -0.25) is 9.79 Å². The normalized spacial score (nSPS) is 17.8. The van der Waals surface area contributed by atoms with Gasteiger partial charge in [-0.1, -0.05) is 12.7 Å². The second-order valence-electron chi connectivity index (χ2n) is 3.96. The third-order valence-electron chi connectivity index (χ3n) is 2.71. The van der Waals surface area contributed by atoms with Crippen LogP contribution in [0.5, 0.6) is 0 Å². The van der Waals surface area contributed by atoms with Crippen molar-refractivity contribution in [3.8, 4) is 0 Å².